The molecule has 0 saturated carbocycles. The molecular weight excluding hydrogens is 400 g/mol. The van der Waals surface area contributed by atoms with Gasteiger partial charge in [-0.2, -0.15) is 0 Å². The molecule has 2 N–H and O–H groups in total. The van der Waals surface area contributed by atoms with Crippen LogP contribution in [0, 0.1) is 20.8 Å². The first kappa shape index (κ1) is 21.4. The number of aryl methyl sites for hydroxylation is 3. The Hall–Kier alpha value is -3.32. The van der Waals surface area contributed by atoms with Crippen molar-refractivity contribution in [1.29, 1.82) is 0 Å². The largest absolute Gasteiger partial charge is 0.484 e. The Morgan fingerprint density at radius 3 is 2.27 bits per heavy atom. The maximum Gasteiger partial charge on any atom is 0.262 e. The molecule has 0 aliphatic heterocycles. The fourth-order valence-corrected chi connectivity index (χ4v) is 3.85. The van der Waals surface area contributed by atoms with Gasteiger partial charge < -0.3 is 10.1 Å². The lowest BCUT2D eigenvalue weighted by atomic mass is 10.1. The van der Waals surface area contributed by atoms with E-state index >= 15 is 0 Å². The first-order chi connectivity index (χ1) is 14.2. The maximum atomic E-state index is 12.6. The first-order valence-corrected chi connectivity index (χ1v) is 10.9. The molecular formula is C23H24N2O4S. The quantitative estimate of drug-likeness (QED) is 0.588. The van der Waals surface area contributed by atoms with E-state index in [1.807, 2.05) is 45.0 Å². The molecule has 3 rings (SSSR count). The molecule has 0 bridgehead atoms. The minimum absolute atomic E-state index is 0.109. The van der Waals surface area contributed by atoms with E-state index in [0.717, 1.165) is 16.7 Å². The van der Waals surface area contributed by atoms with E-state index < -0.39 is 10.0 Å². The molecule has 0 fully saturated rings. The second kappa shape index (κ2) is 9.00. The number of hydrogen-bond acceptors (Lipinski definition) is 4. The van der Waals surface area contributed by atoms with Crippen molar-refractivity contribution in [2.45, 2.75) is 25.7 Å². The highest BCUT2D eigenvalue weighted by Crippen LogP contribution is 2.21. The van der Waals surface area contributed by atoms with E-state index in [1.54, 1.807) is 18.2 Å². The van der Waals surface area contributed by atoms with Gasteiger partial charge in [0.1, 0.15) is 5.75 Å². The third-order valence-corrected chi connectivity index (χ3v) is 5.96. The molecule has 0 atom stereocenters. The van der Waals surface area contributed by atoms with Gasteiger partial charge in [0.2, 0.25) is 0 Å². The summed E-state index contributed by atoms with van der Waals surface area (Å²) in [6.07, 6.45) is 0. The Morgan fingerprint density at radius 2 is 1.60 bits per heavy atom. The summed E-state index contributed by atoms with van der Waals surface area (Å²) in [6, 6.07) is 18.8. The summed E-state index contributed by atoms with van der Waals surface area (Å²) in [5.41, 5.74) is 4.34. The molecule has 3 aromatic rings. The number of ether oxygens (including phenoxy) is 1. The van der Waals surface area contributed by atoms with Crippen LogP contribution < -0.4 is 14.8 Å². The van der Waals surface area contributed by atoms with Gasteiger partial charge in [0.25, 0.3) is 15.9 Å². The van der Waals surface area contributed by atoms with Crippen LogP contribution in [0.4, 0.5) is 11.4 Å². The van der Waals surface area contributed by atoms with E-state index in [4.69, 9.17) is 4.74 Å². The zero-order valence-corrected chi connectivity index (χ0v) is 17.9. The molecule has 0 aliphatic rings. The molecule has 0 unspecified atom stereocenters. The Morgan fingerprint density at radius 1 is 0.867 bits per heavy atom. The molecule has 1 amide bonds. The van der Waals surface area contributed by atoms with Crippen LogP contribution in [-0.4, -0.2) is 20.9 Å². The number of anilines is 2. The van der Waals surface area contributed by atoms with E-state index in [1.165, 1.54) is 24.3 Å². The first-order valence-electron chi connectivity index (χ1n) is 9.42. The predicted molar refractivity (Wildman–Crippen MR) is 118 cm³/mol. The van der Waals surface area contributed by atoms with E-state index in [-0.39, 0.29) is 17.4 Å². The average molecular weight is 425 g/mol. The van der Waals surface area contributed by atoms with E-state index in [9.17, 15) is 13.2 Å². The van der Waals surface area contributed by atoms with Crippen molar-refractivity contribution < 1.29 is 17.9 Å². The summed E-state index contributed by atoms with van der Waals surface area (Å²) >= 11 is 0. The van der Waals surface area contributed by atoms with Gasteiger partial charge in [0.15, 0.2) is 6.61 Å². The summed E-state index contributed by atoms with van der Waals surface area (Å²) in [6.45, 7) is 5.65. The molecule has 0 radical (unpaired) electrons. The van der Waals surface area contributed by atoms with Gasteiger partial charge in [-0.15, -0.1) is 0 Å². The minimum Gasteiger partial charge on any atom is -0.484 e. The van der Waals surface area contributed by atoms with Crippen LogP contribution in [0.5, 0.6) is 5.75 Å². The van der Waals surface area contributed by atoms with E-state index in [0.29, 0.717) is 17.1 Å². The van der Waals surface area contributed by atoms with Gasteiger partial charge in [-0.25, -0.2) is 8.42 Å². The van der Waals surface area contributed by atoms with Crippen molar-refractivity contribution in [2.24, 2.45) is 0 Å². The van der Waals surface area contributed by atoms with Crippen molar-refractivity contribution >= 4 is 27.3 Å². The highest BCUT2D eigenvalue weighted by atomic mass is 32.2. The minimum atomic E-state index is -3.72. The standard InChI is InChI=1S/C23H24N2O4S/c1-16-5-4-6-19(13-16)24-23(26)15-29-21-9-11-22(12-10-21)30(27,28)25-20-8-7-17(2)18(3)14-20/h4-14,25H,15H2,1-3H3,(H,24,26). The number of carbonyl (C=O) groups is 1. The van der Waals surface area contributed by atoms with Crippen molar-refractivity contribution in [2.75, 3.05) is 16.6 Å². The van der Waals surface area contributed by atoms with Crippen molar-refractivity contribution in [3.05, 3.63) is 83.4 Å². The molecule has 0 aromatic heterocycles. The lowest BCUT2D eigenvalue weighted by molar-refractivity contribution is -0.118. The SMILES string of the molecule is Cc1cccc(NC(=O)COc2ccc(S(=O)(=O)Nc3ccc(C)c(C)c3)cc2)c1. The third kappa shape index (κ3) is 5.61. The summed E-state index contributed by atoms with van der Waals surface area (Å²) < 4.78 is 33.2. The lowest BCUT2D eigenvalue weighted by Crippen LogP contribution is -2.20. The Labute approximate surface area is 177 Å². The summed E-state index contributed by atoms with van der Waals surface area (Å²) in [5.74, 6) is 0.105. The van der Waals surface area contributed by atoms with Crippen LogP contribution in [0.25, 0.3) is 0 Å². The number of sulfonamides is 1. The summed E-state index contributed by atoms with van der Waals surface area (Å²) in [5, 5.41) is 2.75. The third-order valence-electron chi connectivity index (χ3n) is 4.56. The van der Waals surface area contributed by atoms with Crippen molar-refractivity contribution in [1.82, 2.24) is 0 Å². The molecule has 3 aromatic carbocycles. The van der Waals surface area contributed by atoms with Crippen molar-refractivity contribution in [3.63, 3.8) is 0 Å². The van der Waals surface area contributed by atoms with Gasteiger partial charge in [-0.05, 0) is 86.0 Å². The zero-order valence-electron chi connectivity index (χ0n) is 17.1. The number of hydrogen-bond donors (Lipinski definition) is 2. The molecule has 7 heteroatoms. The fraction of sp³-hybridized carbons (Fsp3) is 0.174. The molecule has 0 spiro atoms. The smallest absolute Gasteiger partial charge is 0.262 e. The second-order valence-electron chi connectivity index (χ2n) is 7.08. The van der Waals surface area contributed by atoms with Crippen LogP contribution >= 0.6 is 0 Å². The van der Waals surface area contributed by atoms with Crippen LogP contribution in [0.15, 0.2) is 71.6 Å². The fourth-order valence-electron chi connectivity index (χ4n) is 2.80. The van der Waals surface area contributed by atoms with Gasteiger partial charge in [-0.3, -0.25) is 9.52 Å². The summed E-state index contributed by atoms with van der Waals surface area (Å²) in [4.78, 5) is 12.1. The number of rotatable bonds is 7. The Bertz CT molecular complexity index is 1160. The molecule has 6 nitrogen and oxygen atoms in total. The zero-order chi connectivity index (χ0) is 21.7. The van der Waals surface area contributed by atoms with Gasteiger partial charge in [0.05, 0.1) is 4.90 Å². The Kier molecular flexibility index (Phi) is 6.42. The molecule has 0 aliphatic carbocycles. The maximum absolute atomic E-state index is 12.6. The molecule has 30 heavy (non-hydrogen) atoms. The monoisotopic (exact) mass is 424 g/mol. The van der Waals surface area contributed by atoms with Crippen molar-refractivity contribution in [3.8, 4) is 5.75 Å². The van der Waals surface area contributed by atoms with E-state index in [2.05, 4.69) is 10.0 Å². The van der Waals surface area contributed by atoms with Gasteiger partial charge in [0, 0.05) is 11.4 Å². The second-order valence-corrected chi connectivity index (χ2v) is 8.76. The average Bonchev–Trinajstić information content (AvgIpc) is 2.69. The topological polar surface area (TPSA) is 84.5 Å². The number of benzene rings is 3. The number of nitrogens with one attached hydrogen (secondary N) is 2. The molecule has 156 valence electrons. The molecule has 0 heterocycles. The molecule has 0 saturated heterocycles. The lowest BCUT2D eigenvalue weighted by Gasteiger charge is -2.11. The predicted octanol–water partition coefficient (Wildman–Crippen LogP) is 4.43. The van der Waals surface area contributed by atoms with Gasteiger partial charge >= 0.3 is 0 Å². The van der Waals surface area contributed by atoms with Gasteiger partial charge in [-0.1, -0.05) is 18.2 Å². The highest BCUT2D eigenvalue weighted by molar-refractivity contribution is 7.92. The van der Waals surface area contributed by atoms with Crippen LogP contribution in [-0.2, 0) is 14.8 Å². The van der Waals surface area contributed by atoms with Crippen LogP contribution in [0.1, 0.15) is 16.7 Å². The normalized spacial score (nSPS) is 11.0. The number of carbonyl (C=O) groups excluding carboxylic acids is 1. The van der Waals surface area contributed by atoms with Crippen LogP contribution in [0.3, 0.4) is 0 Å². The Balaban J connectivity index is 1.59. The number of amides is 1. The van der Waals surface area contributed by atoms with Crippen LogP contribution in [0.2, 0.25) is 0 Å². The highest BCUT2D eigenvalue weighted by Gasteiger charge is 2.15. The summed E-state index contributed by atoms with van der Waals surface area (Å²) in [7, 11) is -3.72.